The SMILES string of the molecule is Cc1occc1Sc1ccc(N)cc1F. The molecular weight excluding hydrogens is 213 g/mol. The Morgan fingerprint density at radius 3 is 2.67 bits per heavy atom. The first kappa shape index (κ1) is 10.1. The maximum atomic E-state index is 13.4. The molecule has 2 rings (SSSR count). The molecule has 0 spiro atoms. The summed E-state index contributed by atoms with van der Waals surface area (Å²) >= 11 is 1.33. The van der Waals surface area contributed by atoms with E-state index in [1.165, 1.54) is 17.8 Å². The van der Waals surface area contributed by atoms with Crippen molar-refractivity contribution < 1.29 is 8.81 Å². The molecule has 0 amide bonds. The Hall–Kier alpha value is -1.42. The monoisotopic (exact) mass is 223 g/mol. The van der Waals surface area contributed by atoms with Crippen LogP contribution in [0.3, 0.4) is 0 Å². The summed E-state index contributed by atoms with van der Waals surface area (Å²) in [5, 5.41) is 0. The molecule has 78 valence electrons. The number of furan rings is 1. The van der Waals surface area contributed by atoms with Gasteiger partial charge in [-0.15, -0.1) is 0 Å². The van der Waals surface area contributed by atoms with Gasteiger partial charge in [-0.3, -0.25) is 0 Å². The average Bonchev–Trinajstić information content (AvgIpc) is 2.57. The molecule has 4 heteroatoms. The lowest BCUT2D eigenvalue weighted by molar-refractivity contribution is 0.527. The van der Waals surface area contributed by atoms with E-state index in [-0.39, 0.29) is 5.82 Å². The Morgan fingerprint density at radius 2 is 2.07 bits per heavy atom. The summed E-state index contributed by atoms with van der Waals surface area (Å²) in [5.74, 6) is 0.483. The van der Waals surface area contributed by atoms with Crippen LogP contribution in [-0.2, 0) is 0 Å². The third-order valence-electron chi connectivity index (χ3n) is 1.99. The van der Waals surface area contributed by atoms with E-state index in [1.807, 2.05) is 13.0 Å². The molecule has 0 fully saturated rings. The zero-order chi connectivity index (χ0) is 10.8. The number of nitrogen functional groups attached to an aromatic ring is 1. The van der Waals surface area contributed by atoms with Crippen molar-refractivity contribution in [2.45, 2.75) is 16.7 Å². The number of nitrogens with two attached hydrogens (primary N) is 1. The first-order valence-electron chi connectivity index (χ1n) is 4.44. The average molecular weight is 223 g/mol. The van der Waals surface area contributed by atoms with Gasteiger partial charge >= 0.3 is 0 Å². The largest absolute Gasteiger partial charge is 0.468 e. The van der Waals surface area contributed by atoms with Crippen molar-refractivity contribution in [2.24, 2.45) is 0 Å². The summed E-state index contributed by atoms with van der Waals surface area (Å²) in [6.45, 7) is 1.84. The molecule has 0 aliphatic carbocycles. The van der Waals surface area contributed by atoms with Crippen molar-refractivity contribution >= 4 is 17.4 Å². The van der Waals surface area contributed by atoms with E-state index >= 15 is 0 Å². The molecule has 1 heterocycles. The number of hydrogen-bond donors (Lipinski definition) is 1. The summed E-state index contributed by atoms with van der Waals surface area (Å²) in [5.41, 5.74) is 5.89. The maximum absolute atomic E-state index is 13.4. The summed E-state index contributed by atoms with van der Waals surface area (Å²) in [7, 11) is 0. The highest BCUT2D eigenvalue weighted by Gasteiger charge is 2.08. The Morgan fingerprint density at radius 1 is 1.27 bits per heavy atom. The highest BCUT2D eigenvalue weighted by molar-refractivity contribution is 7.99. The van der Waals surface area contributed by atoms with Crippen LogP contribution in [0.15, 0.2) is 44.7 Å². The molecule has 0 bridgehead atoms. The fourth-order valence-corrected chi connectivity index (χ4v) is 2.04. The lowest BCUT2D eigenvalue weighted by Gasteiger charge is -2.02. The van der Waals surface area contributed by atoms with Crippen LogP contribution in [0.2, 0.25) is 0 Å². The molecule has 0 unspecified atom stereocenters. The normalized spacial score (nSPS) is 10.5. The van der Waals surface area contributed by atoms with Crippen LogP contribution in [-0.4, -0.2) is 0 Å². The molecule has 1 aromatic carbocycles. The minimum atomic E-state index is -0.305. The van der Waals surface area contributed by atoms with Gasteiger partial charge in [0, 0.05) is 10.6 Å². The number of benzene rings is 1. The zero-order valence-corrected chi connectivity index (χ0v) is 8.98. The molecule has 1 aromatic heterocycles. The Labute approximate surface area is 91.3 Å². The molecule has 0 aliphatic rings. The van der Waals surface area contributed by atoms with Crippen molar-refractivity contribution in [3.63, 3.8) is 0 Å². The van der Waals surface area contributed by atoms with Crippen LogP contribution in [0.1, 0.15) is 5.76 Å². The van der Waals surface area contributed by atoms with Crippen LogP contribution in [0.25, 0.3) is 0 Å². The fraction of sp³-hybridized carbons (Fsp3) is 0.0909. The smallest absolute Gasteiger partial charge is 0.139 e. The molecule has 0 radical (unpaired) electrons. The summed E-state index contributed by atoms with van der Waals surface area (Å²) in [4.78, 5) is 1.47. The second-order valence-corrected chi connectivity index (χ2v) is 4.22. The van der Waals surface area contributed by atoms with Gasteiger partial charge < -0.3 is 10.2 Å². The molecule has 15 heavy (non-hydrogen) atoms. The second kappa shape index (κ2) is 3.98. The van der Waals surface area contributed by atoms with E-state index in [0.29, 0.717) is 10.6 Å². The Kier molecular flexibility index (Phi) is 2.68. The van der Waals surface area contributed by atoms with E-state index in [4.69, 9.17) is 10.2 Å². The van der Waals surface area contributed by atoms with Crippen molar-refractivity contribution in [3.05, 3.63) is 42.1 Å². The van der Waals surface area contributed by atoms with Crippen LogP contribution in [0, 0.1) is 12.7 Å². The minimum absolute atomic E-state index is 0.305. The number of halogens is 1. The lowest BCUT2D eigenvalue weighted by Crippen LogP contribution is -1.87. The highest BCUT2D eigenvalue weighted by atomic mass is 32.2. The van der Waals surface area contributed by atoms with Gasteiger partial charge in [-0.05, 0) is 31.2 Å². The third kappa shape index (κ3) is 2.15. The summed E-state index contributed by atoms with van der Waals surface area (Å²) in [6.07, 6.45) is 1.59. The molecule has 0 atom stereocenters. The summed E-state index contributed by atoms with van der Waals surface area (Å²) < 4.78 is 18.6. The lowest BCUT2D eigenvalue weighted by atomic mass is 10.3. The first-order valence-corrected chi connectivity index (χ1v) is 5.25. The Balaban J connectivity index is 2.29. The van der Waals surface area contributed by atoms with E-state index in [9.17, 15) is 4.39 Å². The van der Waals surface area contributed by atoms with Crippen molar-refractivity contribution in [3.8, 4) is 0 Å². The van der Waals surface area contributed by atoms with Crippen LogP contribution in [0.4, 0.5) is 10.1 Å². The van der Waals surface area contributed by atoms with Crippen LogP contribution in [0.5, 0.6) is 0 Å². The zero-order valence-electron chi connectivity index (χ0n) is 8.16. The minimum Gasteiger partial charge on any atom is -0.468 e. The quantitative estimate of drug-likeness (QED) is 0.792. The third-order valence-corrected chi connectivity index (χ3v) is 3.18. The van der Waals surface area contributed by atoms with E-state index in [0.717, 1.165) is 10.7 Å². The van der Waals surface area contributed by atoms with E-state index in [1.54, 1.807) is 18.4 Å². The van der Waals surface area contributed by atoms with Gasteiger partial charge in [-0.25, -0.2) is 4.39 Å². The van der Waals surface area contributed by atoms with Crippen LogP contribution < -0.4 is 5.73 Å². The number of aryl methyl sites for hydroxylation is 1. The predicted molar refractivity (Wildman–Crippen MR) is 58.4 cm³/mol. The standard InChI is InChI=1S/C11H10FNOS/c1-7-10(4-5-14-7)15-11-3-2-8(13)6-9(11)12/h2-6H,13H2,1H3. The van der Waals surface area contributed by atoms with E-state index in [2.05, 4.69) is 0 Å². The number of anilines is 1. The molecule has 0 aliphatic heterocycles. The highest BCUT2D eigenvalue weighted by Crippen LogP contribution is 2.33. The van der Waals surface area contributed by atoms with Gasteiger partial charge in [0.25, 0.3) is 0 Å². The van der Waals surface area contributed by atoms with Crippen molar-refractivity contribution in [1.29, 1.82) is 0 Å². The topological polar surface area (TPSA) is 39.2 Å². The Bertz CT molecular complexity index is 481. The van der Waals surface area contributed by atoms with Crippen molar-refractivity contribution in [2.75, 3.05) is 5.73 Å². The number of hydrogen-bond acceptors (Lipinski definition) is 3. The van der Waals surface area contributed by atoms with Gasteiger partial charge in [0.15, 0.2) is 0 Å². The molecule has 0 saturated heterocycles. The summed E-state index contributed by atoms with van der Waals surface area (Å²) in [6, 6.07) is 6.48. The van der Waals surface area contributed by atoms with E-state index < -0.39 is 0 Å². The molecule has 2 aromatic rings. The molecule has 0 saturated carbocycles. The number of rotatable bonds is 2. The predicted octanol–water partition coefficient (Wildman–Crippen LogP) is 3.46. The van der Waals surface area contributed by atoms with Gasteiger partial charge in [-0.1, -0.05) is 11.8 Å². The molecule has 2 N–H and O–H groups in total. The molecular formula is C11H10FNOS. The van der Waals surface area contributed by atoms with Gasteiger partial charge in [0.2, 0.25) is 0 Å². The second-order valence-electron chi connectivity index (χ2n) is 3.13. The fourth-order valence-electron chi connectivity index (χ4n) is 1.20. The van der Waals surface area contributed by atoms with Crippen molar-refractivity contribution in [1.82, 2.24) is 0 Å². The van der Waals surface area contributed by atoms with Gasteiger partial charge in [0.1, 0.15) is 11.6 Å². The molecule has 2 nitrogen and oxygen atoms in total. The first-order chi connectivity index (χ1) is 7.16. The van der Waals surface area contributed by atoms with Gasteiger partial charge in [0.05, 0.1) is 11.2 Å². The maximum Gasteiger partial charge on any atom is 0.139 e. The van der Waals surface area contributed by atoms with Crippen LogP contribution >= 0.6 is 11.8 Å². The van der Waals surface area contributed by atoms with Gasteiger partial charge in [-0.2, -0.15) is 0 Å².